The molecule has 0 radical (unpaired) electrons. The predicted octanol–water partition coefficient (Wildman–Crippen LogP) is 13.4. The van der Waals surface area contributed by atoms with E-state index in [1.54, 1.807) is 4.70 Å². The molecule has 0 spiro atoms. The molecule has 1 aliphatic heterocycles. The Balaban J connectivity index is 2.16. The predicted molar refractivity (Wildman–Crippen MR) is 193 cm³/mol. The zero-order valence-corrected chi connectivity index (χ0v) is 29.5. The Hall–Kier alpha value is -2.48. The van der Waals surface area contributed by atoms with E-state index >= 15 is 0 Å². The molecule has 0 bridgehead atoms. The first-order valence-electron chi connectivity index (χ1n) is 18.7. The van der Waals surface area contributed by atoms with Gasteiger partial charge < -0.3 is 5.53 Å². The van der Waals surface area contributed by atoms with E-state index in [9.17, 15) is 5.53 Å². The minimum atomic E-state index is 1.01. The molecule has 0 atom stereocenters. The van der Waals surface area contributed by atoms with Gasteiger partial charge in [-0.05, 0) is 111 Å². The van der Waals surface area contributed by atoms with Gasteiger partial charge in [0, 0.05) is 22.3 Å². The molecule has 0 saturated heterocycles. The minimum Gasteiger partial charge on any atom is -0.493 e. The third kappa shape index (κ3) is 10.3. The first-order valence-corrected chi connectivity index (χ1v) is 18.7. The number of benzene rings is 2. The highest BCUT2D eigenvalue weighted by Gasteiger charge is 2.35. The van der Waals surface area contributed by atoms with Crippen LogP contribution < -0.4 is 0 Å². The van der Waals surface area contributed by atoms with Crippen LogP contribution in [0.15, 0.2) is 47.5 Å². The quantitative estimate of drug-likeness (QED) is 0.0954. The fourth-order valence-electron chi connectivity index (χ4n) is 6.87. The van der Waals surface area contributed by atoms with Gasteiger partial charge in [-0.2, -0.15) is 0 Å². The van der Waals surface area contributed by atoms with Gasteiger partial charge in [0.1, 0.15) is 0 Å². The Morgan fingerprint density at radius 2 is 0.773 bits per heavy atom. The highest BCUT2D eigenvalue weighted by molar-refractivity contribution is 5.82. The van der Waals surface area contributed by atoms with E-state index in [2.05, 4.69) is 77.9 Å². The van der Waals surface area contributed by atoms with Gasteiger partial charge in [-0.25, -0.2) is 4.70 Å². The second-order valence-electron chi connectivity index (χ2n) is 13.3. The Bertz CT molecular complexity index is 1190. The van der Waals surface area contributed by atoms with Crippen LogP contribution in [0.4, 0.5) is 0 Å². The van der Waals surface area contributed by atoms with E-state index in [1.807, 2.05) is 0 Å². The molecule has 44 heavy (non-hydrogen) atoms. The first-order chi connectivity index (χ1) is 21.5. The summed E-state index contributed by atoms with van der Waals surface area (Å²) >= 11 is 0. The zero-order valence-electron chi connectivity index (χ0n) is 29.5. The van der Waals surface area contributed by atoms with Crippen LogP contribution in [0.1, 0.15) is 178 Å². The van der Waals surface area contributed by atoms with Crippen molar-refractivity contribution in [3.63, 3.8) is 0 Å². The van der Waals surface area contributed by atoms with Crippen molar-refractivity contribution >= 4 is 11.4 Å². The molecular formula is C42H64N2. The van der Waals surface area contributed by atoms with Crippen LogP contribution in [0, 0.1) is 0 Å². The number of unbranched alkanes of at least 4 members (excludes halogenated alkanes) is 10. The second-order valence-corrected chi connectivity index (χ2v) is 13.3. The summed E-state index contributed by atoms with van der Waals surface area (Å²) in [7, 11) is 0. The van der Waals surface area contributed by atoms with E-state index in [-0.39, 0.29) is 0 Å². The summed E-state index contributed by atoms with van der Waals surface area (Å²) in [6, 6.07) is 14.3. The largest absolute Gasteiger partial charge is 0.493 e. The van der Waals surface area contributed by atoms with Gasteiger partial charge in [0.15, 0.2) is 0 Å². The molecule has 0 aromatic heterocycles. The lowest BCUT2D eigenvalue weighted by molar-refractivity contribution is -0.345. The fourth-order valence-corrected chi connectivity index (χ4v) is 6.87. The summed E-state index contributed by atoms with van der Waals surface area (Å²) in [6.07, 6.45) is 23.8. The molecular weight excluding hydrogens is 532 g/mol. The molecule has 1 aliphatic rings. The van der Waals surface area contributed by atoms with Gasteiger partial charge in [-0.15, -0.1) is 0 Å². The van der Waals surface area contributed by atoms with Crippen molar-refractivity contribution < 1.29 is 4.70 Å². The van der Waals surface area contributed by atoms with Crippen LogP contribution in [-0.4, -0.2) is 4.70 Å². The molecule has 0 saturated carbocycles. The third-order valence-electron chi connectivity index (χ3n) is 9.53. The van der Waals surface area contributed by atoms with Crippen LogP contribution in [0.25, 0.3) is 16.9 Å². The van der Waals surface area contributed by atoms with E-state index in [4.69, 9.17) is 0 Å². The van der Waals surface area contributed by atoms with Crippen molar-refractivity contribution in [2.45, 2.75) is 170 Å². The van der Waals surface area contributed by atoms with Gasteiger partial charge in [-0.3, -0.25) is 0 Å². The van der Waals surface area contributed by atoms with Gasteiger partial charge in [0.25, 0.3) is 0 Å². The fraction of sp³-hybridized carbons (Fsp3) is 0.619. The standard InChI is InChI=1S/C42H64N2/c1-7-13-17-18-19-22-26-40-39(25-16-10-4)41(37-29-33(11-5)27-34(12-6)30-37)44(43)42(40)38-31-35(23-20-14-8-2)28-36(32-38)24-21-15-9-3/h27-32H,7-26H2,1-6H3. The van der Waals surface area contributed by atoms with Gasteiger partial charge >= 0.3 is 0 Å². The molecule has 3 rings (SSSR count). The maximum absolute atomic E-state index is 12.3. The average molecular weight is 597 g/mol. The maximum atomic E-state index is 12.3. The van der Waals surface area contributed by atoms with Crippen LogP contribution in [-0.2, 0) is 25.7 Å². The number of nitrogens with zero attached hydrogens (tertiary/aromatic N) is 2. The number of aryl methyl sites for hydroxylation is 4. The molecule has 0 unspecified atom stereocenters. The van der Waals surface area contributed by atoms with Crippen LogP contribution >= 0.6 is 0 Å². The Morgan fingerprint density at radius 1 is 0.409 bits per heavy atom. The van der Waals surface area contributed by atoms with Crippen LogP contribution in [0.5, 0.6) is 0 Å². The number of allylic oxidation sites excluding steroid dienone is 2. The summed E-state index contributed by atoms with van der Waals surface area (Å²) in [4.78, 5) is 0. The maximum Gasteiger partial charge on any atom is 0.211 e. The molecule has 0 amide bonds. The van der Waals surface area contributed by atoms with Crippen LogP contribution in [0.2, 0.25) is 0 Å². The van der Waals surface area contributed by atoms with Crippen molar-refractivity contribution in [1.29, 1.82) is 0 Å². The van der Waals surface area contributed by atoms with Crippen molar-refractivity contribution in [3.8, 4) is 0 Å². The Labute approximate surface area is 271 Å². The second kappa shape index (κ2) is 19.8. The molecule has 2 aromatic rings. The molecule has 242 valence electrons. The number of hydrogen-bond donors (Lipinski definition) is 0. The first kappa shape index (κ1) is 36.0. The van der Waals surface area contributed by atoms with Crippen LogP contribution in [0.3, 0.4) is 0 Å². The van der Waals surface area contributed by atoms with E-state index in [0.717, 1.165) is 62.8 Å². The minimum absolute atomic E-state index is 1.01. The summed E-state index contributed by atoms with van der Waals surface area (Å²) in [5, 5.41) is 0. The molecule has 2 aromatic carbocycles. The SMILES string of the molecule is CCCCCCCCC1=C(c2cc(CCCCC)cc(CCCCC)c2)[N+](=[N-])C(c2cc(CC)cc(CC)c2)=C1CCCC. The topological polar surface area (TPSA) is 25.3 Å². The highest BCUT2D eigenvalue weighted by Crippen LogP contribution is 2.45. The molecule has 0 N–H and O–H groups in total. The molecule has 1 heterocycles. The molecule has 0 fully saturated rings. The third-order valence-corrected chi connectivity index (χ3v) is 9.53. The Morgan fingerprint density at radius 3 is 1.25 bits per heavy atom. The van der Waals surface area contributed by atoms with Crippen molar-refractivity contribution in [2.75, 3.05) is 0 Å². The molecule has 2 heteroatoms. The summed E-state index contributed by atoms with van der Waals surface area (Å²) in [6.45, 7) is 13.6. The number of rotatable bonds is 22. The lowest BCUT2D eigenvalue weighted by atomic mass is 9.90. The van der Waals surface area contributed by atoms with E-state index in [0.29, 0.717) is 0 Å². The van der Waals surface area contributed by atoms with Gasteiger partial charge in [0.05, 0.1) is 0 Å². The summed E-state index contributed by atoms with van der Waals surface area (Å²) < 4.78 is 1.63. The molecule has 2 nitrogen and oxygen atoms in total. The summed E-state index contributed by atoms with van der Waals surface area (Å²) in [5.41, 5.74) is 25.2. The summed E-state index contributed by atoms with van der Waals surface area (Å²) in [5.74, 6) is 0. The van der Waals surface area contributed by atoms with Crippen molar-refractivity contribution in [3.05, 3.63) is 86.5 Å². The van der Waals surface area contributed by atoms with E-state index < -0.39 is 0 Å². The van der Waals surface area contributed by atoms with Crippen molar-refractivity contribution in [1.82, 2.24) is 0 Å². The van der Waals surface area contributed by atoms with Gasteiger partial charge in [0.2, 0.25) is 11.4 Å². The van der Waals surface area contributed by atoms with E-state index in [1.165, 1.54) is 122 Å². The lowest BCUT2D eigenvalue weighted by Crippen LogP contribution is -2.05. The molecule has 0 aliphatic carbocycles. The normalized spacial score (nSPS) is 13.5. The lowest BCUT2D eigenvalue weighted by Gasteiger charge is -2.14. The number of hydrogen-bond acceptors (Lipinski definition) is 0. The smallest absolute Gasteiger partial charge is 0.211 e. The van der Waals surface area contributed by atoms with Crippen molar-refractivity contribution in [2.24, 2.45) is 0 Å². The zero-order chi connectivity index (χ0) is 31.7. The Kier molecular flexibility index (Phi) is 16.2. The van der Waals surface area contributed by atoms with Gasteiger partial charge in [-0.1, -0.05) is 118 Å². The highest BCUT2D eigenvalue weighted by atomic mass is 15.2. The average Bonchev–Trinajstić information content (AvgIpc) is 3.31. The monoisotopic (exact) mass is 597 g/mol.